The lowest BCUT2D eigenvalue weighted by Crippen LogP contribution is -2.12. The molecule has 0 fully saturated rings. The van der Waals surface area contributed by atoms with Crippen molar-refractivity contribution < 1.29 is 9.47 Å². The maximum Gasteiger partial charge on any atom is 0.231 e. The molecule has 0 aromatic carbocycles. The normalized spacial score (nSPS) is 14.3. The summed E-state index contributed by atoms with van der Waals surface area (Å²) in [6, 6.07) is 3.85. The molecule has 0 unspecified atom stereocenters. The second-order valence-corrected chi connectivity index (χ2v) is 3.07. The molecule has 4 nitrogen and oxygen atoms in total. The van der Waals surface area contributed by atoms with E-state index >= 15 is 0 Å². The van der Waals surface area contributed by atoms with E-state index in [9.17, 15) is 0 Å². The van der Waals surface area contributed by atoms with Crippen molar-refractivity contribution in [2.24, 2.45) is 0 Å². The van der Waals surface area contributed by atoms with Crippen LogP contribution in [0.4, 0.5) is 0 Å². The highest BCUT2D eigenvalue weighted by Crippen LogP contribution is 2.22. The van der Waals surface area contributed by atoms with Crippen LogP contribution in [-0.2, 0) is 17.8 Å². The molecule has 1 aromatic rings. The zero-order valence-electron chi connectivity index (χ0n) is 7.91. The Morgan fingerprint density at radius 1 is 1.64 bits per heavy atom. The number of nitrogens with zero attached hydrogens (tertiary/aromatic N) is 2. The molecule has 4 heteroatoms. The summed E-state index contributed by atoms with van der Waals surface area (Å²) in [5.41, 5.74) is 2.44. The number of aromatic nitrogens is 1. The summed E-state index contributed by atoms with van der Waals surface area (Å²) in [5, 5.41) is 8.84. The predicted molar refractivity (Wildman–Crippen MR) is 48.9 cm³/mol. The molecule has 0 N–H and O–H groups in total. The molecular formula is C10H10N2O2. The van der Waals surface area contributed by atoms with Crippen LogP contribution in [-0.4, -0.2) is 18.7 Å². The molecular weight excluding hydrogens is 180 g/mol. The van der Waals surface area contributed by atoms with Gasteiger partial charge < -0.3 is 9.47 Å². The number of rotatable bonds is 1. The Morgan fingerprint density at radius 3 is 3.21 bits per heavy atom. The van der Waals surface area contributed by atoms with Crippen LogP contribution in [0.5, 0.6) is 5.88 Å². The van der Waals surface area contributed by atoms with E-state index in [0.717, 1.165) is 17.7 Å². The minimum atomic E-state index is 0.410. The lowest BCUT2D eigenvalue weighted by molar-refractivity contribution is 0.109. The van der Waals surface area contributed by atoms with Crippen molar-refractivity contribution in [2.75, 3.05) is 13.7 Å². The number of hydrogen-bond donors (Lipinski definition) is 0. The summed E-state index contributed by atoms with van der Waals surface area (Å²) < 4.78 is 10.3. The molecule has 72 valence electrons. The second kappa shape index (κ2) is 3.64. The van der Waals surface area contributed by atoms with Gasteiger partial charge in [-0.3, -0.25) is 0 Å². The molecule has 0 radical (unpaired) electrons. The fourth-order valence-corrected chi connectivity index (χ4v) is 1.50. The van der Waals surface area contributed by atoms with Gasteiger partial charge in [0, 0.05) is 12.0 Å². The van der Waals surface area contributed by atoms with Gasteiger partial charge in [0.2, 0.25) is 5.88 Å². The average Bonchev–Trinajstić information content (AvgIpc) is 2.27. The van der Waals surface area contributed by atoms with E-state index in [4.69, 9.17) is 14.7 Å². The lowest BCUT2D eigenvalue weighted by atomic mass is 10.1. The monoisotopic (exact) mass is 190 g/mol. The van der Waals surface area contributed by atoms with E-state index in [0.29, 0.717) is 24.7 Å². The highest BCUT2D eigenvalue weighted by Gasteiger charge is 2.15. The quantitative estimate of drug-likeness (QED) is 0.663. The maximum absolute atomic E-state index is 8.84. The topological polar surface area (TPSA) is 55.1 Å². The first-order valence-corrected chi connectivity index (χ1v) is 4.40. The Bertz CT molecular complexity index is 396. The second-order valence-electron chi connectivity index (χ2n) is 3.07. The molecule has 0 atom stereocenters. The number of methoxy groups -OCH3 is 1. The van der Waals surface area contributed by atoms with Gasteiger partial charge in [0.1, 0.15) is 11.6 Å². The van der Waals surface area contributed by atoms with Crippen LogP contribution < -0.4 is 4.74 Å². The fraction of sp³-hybridized carbons (Fsp3) is 0.400. The third kappa shape index (κ3) is 1.42. The van der Waals surface area contributed by atoms with E-state index in [-0.39, 0.29) is 0 Å². The first-order valence-electron chi connectivity index (χ1n) is 4.40. The number of fused-ring (bicyclic) bond motifs is 1. The molecule has 1 aliphatic heterocycles. The van der Waals surface area contributed by atoms with Crippen molar-refractivity contribution in [1.29, 1.82) is 5.26 Å². The molecule has 0 bridgehead atoms. The molecule has 1 aliphatic rings. The van der Waals surface area contributed by atoms with Crippen molar-refractivity contribution in [3.8, 4) is 11.9 Å². The molecule has 1 aromatic heterocycles. The Morgan fingerprint density at radius 2 is 2.50 bits per heavy atom. The van der Waals surface area contributed by atoms with Crippen LogP contribution >= 0.6 is 0 Å². The van der Waals surface area contributed by atoms with Crippen LogP contribution in [0.15, 0.2) is 6.07 Å². The largest absolute Gasteiger partial charge is 0.480 e. The van der Waals surface area contributed by atoms with E-state index in [1.165, 1.54) is 7.11 Å². The smallest absolute Gasteiger partial charge is 0.231 e. The maximum atomic E-state index is 8.84. The van der Waals surface area contributed by atoms with E-state index in [2.05, 4.69) is 11.1 Å². The average molecular weight is 190 g/mol. The number of nitriles is 1. The summed E-state index contributed by atoms with van der Waals surface area (Å²) >= 11 is 0. The highest BCUT2D eigenvalue weighted by molar-refractivity contribution is 5.42. The van der Waals surface area contributed by atoms with Crippen LogP contribution in [0.25, 0.3) is 0 Å². The molecule has 14 heavy (non-hydrogen) atoms. The van der Waals surface area contributed by atoms with Gasteiger partial charge in [-0.15, -0.1) is 0 Å². The zero-order valence-corrected chi connectivity index (χ0v) is 7.91. The number of ether oxygens (including phenoxy) is 2. The first kappa shape index (κ1) is 8.97. The van der Waals surface area contributed by atoms with Gasteiger partial charge in [-0.05, 0) is 6.07 Å². The zero-order chi connectivity index (χ0) is 9.97. The molecule has 2 heterocycles. The molecule has 2 rings (SSSR count). The Balaban J connectivity index is 2.50. The van der Waals surface area contributed by atoms with Gasteiger partial charge in [0.25, 0.3) is 0 Å². The van der Waals surface area contributed by atoms with Crippen molar-refractivity contribution in [2.45, 2.75) is 13.0 Å². The van der Waals surface area contributed by atoms with Crippen LogP contribution in [0.1, 0.15) is 16.8 Å². The van der Waals surface area contributed by atoms with Gasteiger partial charge in [0.15, 0.2) is 0 Å². The molecule has 0 aliphatic carbocycles. The lowest BCUT2D eigenvalue weighted by Gasteiger charge is -2.16. The Hall–Kier alpha value is -1.60. The van der Waals surface area contributed by atoms with Gasteiger partial charge in [0.05, 0.1) is 26.0 Å². The third-order valence-corrected chi connectivity index (χ3v) is 2.21. The van der Waals surface area contributed by atoms with Gasteiger partial charge in [-0.1, -0.05) is 0 Å². The summed E-state index contributed by atoms with van der Waals surface area (Å²) in [4.78, 5) is 4.28. The Kier molecular flexibility index (Phi) is 2.33. The predicted octanol–water partition coefficient (Wildman–Crippen LogP) is 1.03. The minimum absolute atomic E-state index is 0.410. The van der Waals surface area contributed by atoms with Crippen molar-refractivity contribution in [1.82, 2.24) is 4.98 Å². The SMILES string of the molecule is COc1nc2c(cc1C#N)COCC2. The first-order chi connectivity index (χ1) is 6.85. The van der Waals surface area contributed by atoms with Crippen LogP contribution in [0, 0.1) is 11.3 Å². The summed E-state index contributed by atoms with van der Waals surface area (Å²) in [7, 11) is 1.52. The number of hydrogen-bond acceptors (Lipinski definition) is 4. The van der Waals surface area contributed by atoms with Crippen LogP contribution in [0.3, 0.4) is 0 Å². The van der Waals surface area contributed by atoms with E-state index in [1.54, 1.807) is 6.07 Å². The molecule has 0 saturated heterocycles. The van der Waals surface area contributed by atoms with Gasteiger partial charge in [-0.25, -0.2) is 4.98 Å². The summed E-state index contributed by atoms with van der Waals surface area (Å²) in [6.45, 7) is 1.23. The minimum Gasteiger partial charge on any atom is -0.480 e. The third-order valence-electron chi connectivity index (χ3n) is 2.21. The standard InChI is InChI=1S/C10H10N2O2/c1-13-10-7(5-11)4-8-6-14-3-2-9(8)12-10/h4H,2-3,6H2,1H3. The van der Waals surface area contributed by atoms with E-state index in [1.807, 2.05) is 0 Å². The van der Waals surface area contributed by atoms with Crippen molar-refractivity contribution in [3.05, 3.63) is 22.9 Å². The van der Waals surface area contributed by atoms with Crippen LogP contribution in [0.2, 0.25) is 0 Å². The van der Waals surface area contributed by atoms with E-state index < -0.39 is 0 Å². The molecule has 0 saturated carbocycles. The molecule has 0 spiro atoms. The van der Waals surface area contributed by atoms with Gasteiger partial charge >= 0.3 is 0 Å². The highest BCUT2D eigenvalue weighted by atomic mass is 16.5. The number of pyridine rings is 1. The summed E-state index contributed by atoms with van der Waals surface area (Å²) in [5.74, 6) is 0.410. The molecule has 0 amide bonds. The summed E-state index contributed by atoms with van der Waals surface area (Å²) in [6.07, 6.45) is 0.789. The van der Waals surface area contributed by atoms with Crippen molar-refractivity contribution in [3.63, 3.8) is 0 Å². The van der Waals surface area contributed by atoms with Crippen molar-refractivity contribution >= 4 is 0 Å². The fourth-order valence-electron chi connectivity index (χ4n) is 1.50. The van der Waals surface area contributed by atoms with Gasteiger partial charge in [-0.2, -0.15) is 5.26 Å². The Labute approximate surface area is 82.1 Å².